The van der Waals surface area contributed by atoms with Gasteiger partial charge >= 0.3 is 22.8 Å². The molecule has 3 aromatic heterocycles. The fourth-order valence-electron chi connectivity index (χ4n) is 5.04. The Hall–Kier alpha value is -7.03. The molecule has 6 rings (SSSR count). The Bertz CT molecular complexity index is 2620. The van der Waals surface area contributed by atoms with Crippen molar-refractivity contribution in [1.82, 2.24) is 38.9 Å². The van der Waals surface area contributed by atoms with Crippen LogP contribution in [0.5, 0.6) is 0 Å². The van der Waals surface area contributed by atoms with Crippen LogP contribution in [0.2, 0.25) is 5.02 Å². The SMILES string of the molecule is Cn1cc2cc(Nc3nc(=O)n(Cc4cnnn4C(=O)/C=C/c4ccc([N+](=O)[O-])c([N+](=O)[O-])c4)c(=O)n3Cc3cc(F)c(F)cc3F)c(Cl)cc2n1. The number of nitro benzene ring substituents is 2. The molecule has 0 aliphatic carbocycles. The lowest BCUT2D eigenvalue weighted by Gasteiger charge is -2.17. The van der Waals surface area contributed by atoms with Crippen molar-refractivity contribution >= 4 is 57.5 Å². The van der Waals surface area contributed by atoms with Gasteiger partial charge in [-0.2, -0.15) is 14.8 Å². The average Bonchev–Trinajstić information content (AvgIpc) is 3.70. The molecule has 3 heterocycles. The van der Waals surface area contributed by atoms with Gasteiger partial charge in [-0.15, -0.1) is 5.10 Å². The van der Waals surface area contributed by atoms with Crippen LogP contribution in [0.3, 0.4) is 0 Å². The van der Waals surface area contributed by atoms with Crippen molar-refractivity contribution in [3.05, 3.63) is 141 Å². The minimum Gasteiger partial charge on any atom is -0.324 e. The van der Waals surface area contributed by atoms with Crippen LogP contribution < -0.4 is 16.7 Å². The van der Waals surface area contributed by atoms with Gasteiger partial charge in [0.15, 0.2) is 11.6 Å². The number of halogens is 4. The van der Waals surface area contributed by atoms with Crippen LogP contribution in [0.25, 0.3) is 17.0 Å². The number of carbonyl (C=O) groups is 1. The molecule has 0 amide bonds. The molecule has 0 fully saturated rings. The third kappa shape index (κ3) is 6.87. The lowest BCUT2D eigenvalue weighted by molar-refractivity contribution is -0.422. The molecule has 0 unspecified atom stereocenters. The maximum Gasteiger partial charge on any atom is 0.355 e. The molecule has 0 saturated heterocycles. The van der Waals surface area contributed by atoms with E-state index in [4.69, 9.17) is 11.6 Å². The van der Waals surface area contributed by atoms with E-state index in [-0.39, 0.29) is 28.0 Å². The van der Waals surface area contributed by atoms with Gasteiger partial charge in [-0.1, -0.05) is 16.8 Å². The largest absolute Gasteiger partial charge is 0.355 e. The molecule has 0 bridgehead atoms. The van der Waals surface area contributed by atoms with Gasteiger partial charge in [-0.25, -0.2) is 27.3 Å². The van der Waals surface area contributed by atoms with E-state index in [1.165, 1.54) is 10.7 Å². The number of aryl methyl sites for hydroxylation is 1. The first-order valence-corrected chi connectivity index (χ1v) is 14.9. The number of hydrogen-bond donors (Lipinski definition) is 1. The quantitative estimate of drug-likeness (QED) is 0.0914. The lowest BCUT2D eigenvalue weighted by atomic mass is 10.1. The Balaban J connectivity index is 1.37. The minimum absolute atomic E-state index is 0.0472. The Labute approximate surface area is 290 Å². The summed E-state index contributed by atoms with van der Waals surface area (Å²) in [7, 11) is 1.68. The Morgan fingerprint density at radius 2 is 1.69 bits per heavy atom. The molecule has 264 valence electrons. The zero-order valence-corrected chi connectivity index (χ0v) is 26.9. The van der Waals surface area contributed by atoms with Gasteiger partial charge in [-0.05, 0) is 35.9 Å². The maximum atomic E-state index is 14.8. The summed E-state index contributed by atoms with van der Waals surface area (Å²) in [6.07, 6.45) is 4.72. The molecule has 0 aliphatic rings. The molecule has 1 N–H and O–H groups in total. The van der Waals surface area contributed by atoms with E-state index in [9.17, 15) is 47.8 Å². The molecule has 52 heavy (non-hydrogen) atoms. The summed E-state index contributed by atoms with van der Waals surface area (Å²) in [4.78, 5) is 64.7. The van der Waals surface area contributed by atoms with Crippen LogP contribution in [-0.2, 0) is 20.1 Å². The smallest absolute Gasteiger partial charge is 0.324 e. The van der Waals surface area contributed by atoms with Gasteiger partial charge < -0.3 is 5.32 Å². The van der Waals surface area contributed by atoms with E-state index < -0.39 is 80.6 Å². The molecule has 6 aromatic rings. The second-order valence-electron chi connectivity index (χ2n) is 10.9. The molecule has 0 aliphatic heterocycles. The molecule has 0 radical (unpaired) electrons. The molecule has 0 atom stereocenters. The van der Waals surface area contributed by atoms with Crippen molar-refractivity contribution in [3.63, 3.8) is 0 Å². The number of anilines is 2. The van der Waals surface area contributed by atoms with Crippen LogP contribution >= 0.6 is 11.6 Å². The monoisotopic (exact) mass is 737 g/mol. The number of nitrogens with one attached hydrogen (secondary N) is 1. The fourth-order valence-corrected chi connectivity index (χ4v) is 5.24. The van der Waals surface area contributed by atoms with E-state index in [2.05, 4.69) is 25.7 Å². The summed E-state index contributed by atoms with van der Waals surface area (Å²) in [5.41, 5.74) is -3.78. The fraction of sp³-hybridized carbons (Fsp3) is 0.100. The Morgan fingerprint density at radius 3 is 2.42 bits per heavy atom. The second kappa shape index (κ2) is 13.7. The Kier molecular flexibility index (Phi) is 9.18. The van der Waals surface area contributed by atoms with Gasteiger partial charge in [0.05, 0.1) is 51.1 Å². The van der Waals surface area contributed by atoms with Crippen LogP contribution in [0.15, 0.2) is 70.5 Å². The lowest BCUT2D eigenvalue weighted by Crippen LogP contribution is -2.43. The van der Waals surface area contributed by atoms with E-state index in [1.54, 1.807) is 19.3 Å². The van der Waals surface area contributed by atoms with Crippen molar-refractivity contribution in [3.8, 4) is 0 Å². The highest BCUT2D eigenvalue weighted by atomic mass is 35.5. The number of nitro groups is 2. The van der Waals surface area contributed by atoms with E-state index >= 15 is 0 Å². The summed E-state index contributed by atoms with van der Waals surface area (Å²) in [5.74, 6) is -5.45. The van der Waals surface area contributed by atoms with Crippen LogP contribution in [0, 0.1) is 37.7 Å². The summed E-state index contributed by atoms with van der Waals surface area (Å²) in [6.45, 7) is -1.44. The molecule has 22 heteroatoms. The van der Waals surface area contributed by atoms with Crippen LogP contribution in [0.4, 0.5) is 36.2 Å². The van der Waals surface area contributed by atoms with E-state index in [0.29, 0.717) is 26.2 Å². The molecule has 18 nitrogen and oxygen atoms in total. The van der Waals surface area contributed by atoms with E-state index in [1.807, 2.05) is 0 Å². The first-order chi connectivity index (χ1) is 24.7. The number of carbonyl (C=O) groups excluding carboxylic acids is 1. The number of hydrogen-bond acceptors (Lipinski definition) is 12. The predicted molar refractivity (Wildman–Crippen MR) is 176 cm³/mol. The third-order valence-electron chi connectivity index (χ3n) is 7.48. The predicted octanol–water partition coefficient (Wildman–Crippen LogP) is 3.96. The van der Waals surface area contributed by atoms with Crippen molar-refractivity contribution < 1.29 is 27.8 Å². The van der Waals surface area contributed by atoms with Crippen LogP contribution in [-0.4, -0.2) is 54.6 Å². The molecular weight excluding hydrogens is 719 g/mol. The first-order valence-electron chi connectivity index (χ1n) is 14.5. The average molecular weight is 738 g/mol. The molecule has 3 aromatic carbocycles. The highest BCUT2D eigenvalue weighted by Gasteiger charge is 2.24. The number of allylic oxidation sites excluding steroid dienone is 1. The Morgan fingerprint density at radius 1 is 0.962 bits per heavy atom. The van der Waals surface area contributed by atoms with E-state index in [0.717, 1.165) is 41.1 Å². The number of fused-ring (bicyclic) bond motifs is 1. The zero-order chi connectivity index (χ0) is 37.4. The van der Waals surface area contributed by atoms with Gasteiger partial charge in [-0.3, -0.25) is 34.3 Å². The van der Waals surface area contributed by atoms with Gasteiger partial charge in [0.2, 0.25) is 5.95 Å². The van der Waals surface area contributed by atoms with Crippen molar-refractivity contribution in [2.45, 2.75) is 13.1 Å². The number of benzene rings is 3. The first kappa shape index (κ1) is 34.8. The molecular formula is C30H19ClF3N11O7. The normalized spacial score (nSPS) is 11.4. The second-order valence-corrected chi connectivity index (χ2v) is 11.3. The topological polar surface area (TPSA) is 221 Å². The third-order valence-corrected chi connectivity index (χ3v) is 7.79. The highest BCUT2D eigenvalue weighted by molar-refractivity contribution is 6.34. The minimum atomic E-state index is -1.47. The standard InChI is InChI=1S/C30H19ClF3N11O7/c1-40-12-17-8-24(19(31)9-23(17)38-40)36-28-37-29(47)42(30(48)41(28)13-16-7-21(33)22(34)10-20(16)32)14-18-11-35-39-43(18)27(46)5-3-15-2-4-25(44(49)50)26(6-15)45(51)52/h2-12H,13-14H2,1H3,(H,36,37,47)/b5-3+. The zero-order valence-electron chi connectivity index (χ0n) is 26.1. The number of aromatic nitrogens is 8. The number of rotatable bonds is 10. The maximum absolute atomic E-state index is 14.8. The molecule has 0 saturated carbocycles. The molecule has 0 spiro atoms. The highest BCUT2D eigenvalue weighted by Crippen LogP contribution is 2.30. The summed E-state index contributed by atoms with van der Waals surface area (Å²) < 4.78 is 46.2. The van der Waals surface area contributed by atoms with Gasteiger partial charge in [0, 0.05) is 48.5 Å². The van der Waals surface area contributed by atoms with Crippen LogP contribution in [0.1, 0.15) is 21.6 Å². The van der Waals surface area contributed by atoms with Crippen molar-refractivity contribution in [2.75, 3.05) is 5.32 Å². The van der Waals surface area contributed by atoms with Gasteiger partial charge in [0.1, 0.15) is 5.82 Å². The summed E-state index contributed by atoms with van der Waals surface area (Å²) >= 11 is 6.42. The van der Waals surface area contributed by atoms with Crippen molar-refractivity contribution in [2.24, 2.45) is 7.05 Å². The number of nitrogens with zero attached hydrogens (tertiary/aromatic N) is 10. The van der Waals surface area contributed by atoms with Crippen molar-refractivity contribution in [1.29, 1.82) is 0 Å². The van der Waals surface area contributed by atoms with Gasteiger partial charge in [0.25, 0.3) is 5.91 Å². The summed E-state index contributed by atoms with van der Waals surface area (Å²) in [5, 5.41) is 37.4. The summed E-state index contributed by atoms with van der Waals surface area (Å²) in [6, 6.07) is 6.81.